The van der Waals surface area contributed by atoms with E-state index in [1.807, 2.05) is 6.07 Å². The van der Waals surface area contributed by atoms with Gasteiger partial charge in [0.1, 0.15) is 6.10 Å². The quantitative estimate of drug-likeness (QED) is 0.894. The van der Waals surface area contributed by atoms with Crippen molar-refractivity contribution >= 4 is 12.4 Å². The number of hydrogen-bond acceptors (Lipinski definition) is 3. The molecule has 2 rings (SSSR count). The molecule has 4 heteroatoms. The van der Waals surface area contributed by atoms with Gasteiger partial charge >= 0.3 is 0 Å². The first-order chi connectivity index (χ1) is 8.29. The molecule has 1 aromatic heterocycles. The number of hydrogen-bond donors (Lipinski definition) is 1. The van der Waals surface area contributed by atoms with Gasteiger partial charge in [-0.1, -0.05) is 13.0 Å². The Kier molecular flexibility index (Phi) is 6.44. The molecule has 0 radical (unpaired) electrons. The van der Waals surface area contributed by atoms with Gasteiger partial charge in [0.05, 0.1) is 0 Å². The number of aromatic nitrogens is 1. The summed E-state index contributed by atoms with van der Waals surface area (Å²) in [5.41, 5.74) is 7.15. The van der Waals surface area contributed by atoms with E-state index in [2.05, 4.69) is 18.0 Å². The lowest BCUT2D eigenvalue weighted by Gasteiger charge is -2.16. The molecule has 0 aliphatic heterocycles. The van der Waals surface area contributed by atoms with Crippen molar-refractivity contribution in [3.8, 4) is 5.88 Å². The summed E-state index contributed by atoms with van der Waals surface area (Å²) in [4.78, 5) is 4.35. The van der Waals surface area contributed by atoms with Gasteiger partial charge in [0.15, 0.2) is 0 Å². The summed E-state index contributed by atoms with van der Waals surface area (Å²) in [6.45, 7) is 2.11. The normalized spacial score (nSPS) is 17.2. The fraction of sp³-hybridized carbons (Fsp3) is 0.643. The van der Waals surface area contributed by atoms with Crippen molar-refractivity contribution in [3.05, 3.63) is 23.9 Å². The third kappa shape index (κ3) is 4.14. The van der Waals surface area contributed by atoms with E-state index < -0.39 is 0 Å². The van der Waals surface area contributed by atoms with Crippen LogP contribution >= 0.6 is 12.4 Å². The molecule has 2 N–H and O–H groups in total. The fourth-order valence-corrected chi connectivity index (χ4v) is 2.28. The third-order valence-corrected chi connectivity index (χ3v) is 3.44. The van der Waals surface area contributed by atoms with E-state index >= 15 is 0 Å². The van der Waals surface area contributed by atoms with Gasteiger partial charge in [-0.3, -0.25) is 0 Å². The minimum absolute atomic E-state index is 0. The van der Waals surface area contributed by atoms with Crippen LogP contribution in [0.4, 0.5) is 0 Å². The Bertz CT molecular complexity index is 353. The summed E-state index contributed by atoms with van der Waals surface area (Å²) >= 11 is 0. The maximum Gasteiger partial charge on any atom is 0.216 e. The highest BCUT2D eigenvalue weighted by atomic mass is 35.5. The van der Waals surface area contributed by atoms with Crippen LogP contribution in [0.1, 0.15) is 44.6 Å². The van der Waals surface area contributed by atoms with Crippen LogP contribution in [0.25, 0.3) is 0 Å². The standard InChI is InChI=1S/C14H22N2O.ClH/c1-2-12(15)10-11-6-5-9-16-14(11)17-13-7-3-4-8-13;/h5-6,9,12-13H,2-4,7-8,10,15H2,1H3;1H. The molecule has 3 nitrogen and oxygen atoms in total. The van der Waals surface area contributed by atoms with Gasteiger partial charge in [0.2, 0.25) is 5.88 Å². The van der Waals surface area contributed by atoms with Crippen LogP contribution in [0, 0.1) is 0 Å². The van der Waals surface area contributed by atoms with Crippen LogP contribution in [-0.4, -0.2) is 17.1 Å². The molecule has 102 valence electrons. The highest BCUT2D eigenvalue weighted by Gasteiger charge is 2.18. The molecular formula is C14H23ClN2O. The smallest absolute Gasteiger partial charge is 0.216 e. The topological polar surface area (TPSA) is 48.1 Å². The van der Waals surface area contributed by atoms with Crippen molar-refractivity contribution in [1.29, 1.82) is 0 Å². The van der Waals surface area contributed by atoms with Crippen LogP contribution in [0.2, 0.25) is 0 Å². The first-order valence-electron chi connectivity index (χ1n) is 6.65. The van der Waals surface area contributed by atoms with E-state index in [1.54, 1.807) is 6.20 Å². The highest BCUT2D eigenvalue weighted by molar-refractivity contribution is 5.85. The van der Waals surface area contributed by atoms with Crippen LogP contribution in [-0.2, 0) is 6.42 Å². The molecule has 1 aliphatic carbocycles. The zero-order valence-electron chi connectivity index (χ0n) is 11.0. The Balaban J connectivity index is 0.00000162. The van der Waals surface area contributed by atoms with Crippen molar-refractivity contribution in [1.82, 2.24) is 4.98 Å². The Morgan fingerprint density at radius 1 is 1.44 bits per heavy atom. The number of pyridine rings is 1. The van der Waals surface area contributed by atoms with Crippen molar-refractivity contribution in [2.24, 2.45) is 5.73 Å². The molecule has 1 unspecified atom stereocenters. The van der Waals surface area contributed by atoms with Gasteiger partial charge in [0, 0.05) is 17.8 Å². The Morgan fingerprint density at radius 3 is 2.83 bits per heavy atom. The first-order valence-corrected chi connectivity index (χ1v) is 6.65. The van der Waals surface area contributed by atoms with Crippen molar-refractivity contribution in [2.75, 3.05) is 0 Å². The number of ether oxygens (including phenoxy) is 1. The number of nitrogens with two attached hydrogens (primary N) is 1. The first kappa shape index (κ1) is 15.3. The van der Waals surface area contributed by atoms with Gasteiger partial charge < -0.3 is 10.5 Å². The molecule has 1 aromatic rings. The number of nitrogens with zero attached hydrogens (tertiary/aromatic N) is 1. The SMILES string of the molecule is CCC(N)Cc1cccnc1OC1CCCC1.Cl. The Hall–Kier alpha value is -0.800. The monoisotopic (exact) mass is 270 g/mol. The van der Waals surface area contributed by atoms with Crippen molar-refractivity contribution < 1.29 is 4.74 Å². The number of rotatable bonds is 5. The van der Waals surface area contributed by atoms with E-state index in [4.69, 9.17) is 10.5 Å². The zero-order valence-corrected chi connectivity index (χ0v) is 11.8. The van der Waals surface area contributed by atoms with Crippen molar-refractivity contribution in [2.45, 2.75) is 57.6 Å². The van der Waals surface area contributed by atoms with E-state index in [0.717, 1.165) is 37.1 Å². The molecule has 1 aliphatic rings. The largest absolute Gasteiger partial charge is 0.474 e. The summed E-state index contributed by atoms with van der Waals surface area (Å²) in [6, 6.07) is 4.23. The minimum atomic E-state index is 0. The van der Waals surface area contributed by atoms with Crippen LogP contribution in [0.15, 0.2) is 18.3 Å². The molecule has 1 saturated carbocycles. The molecule has 1 atom stereocenters. The summed E-state index contributed by atoms with van der Waals surface area (Å²) < 4.78 is 5.99. The lowest BCUT2D eigenvalue weighted by atomic mass is 10.1. The van der Waals surface area contributed by atoms with Gasteiger partial charge in [-0.2, -0.15) is 0 Å². The van der Waals surface area contributed by atoms with E-state index in [0.29, 0.717) is 6.10 Å². The van der Waals surface area contributed by atoms with Gasteiger partial charge in [-0.25, -0.2) is 4.98 Å². The summed E-state index contributed by atoms with van der Waals surface area (Å²) in [7, 11) is 0. The molecule has 0 bridgehead atoms. The molecule has 1 heterocycles. The minimum Gasteiger partial charge on any atom is -0.474 e. The van der Waals surface area contributed by atoms with E-state index in [9.17, 15) is 0 Å². The van der Waals surface area contributed by atoms with Gasteiger partial charge in [-0.15, -0.1) is 12.4 Å². The molecular weight excluding hydrogens is 248 g/mol. The second-order valence-electron chi connectivity index (χ2n) is 4.86. The predicted molar refractivity (Wildman–Crippen MR) is 76.3 cm³/mol. The molecule has 0 aromatic carbocycles. The maximum atomic E-state index is 6.00. The molecule has 18 heavy (non-hydrogen) atoms. The molecule has 0 saturated heterocycles. The average molecular weight is 271 g/mol. The third-order valence-electron chi connectivity index (χ3n) is 3.44. The second kappa shape index (κ2) is 7.59. The summed E-state index contributed by atoms with van der Waals surface area (Å²) in [5, 5.41) is 0. The predicted octanol–water partition coefficient (Wildman–Crippen LogP) is 3.10. The number of halogens is 1. The fourth-order valence-electron chi connectivity index (χ4n) is 2.28. The molecule has 0 amide bonds. The second-order valence-corrected chi connectivity index (χ2v) is 4.86. The summed E-state index contributed by atoms with van der Waals surface area (Å²) in [6.07, 6.45) is 8.88. The lowest BCUT2D eigenvalue weighted by Crippen LogP contribution is -2.22. The summed E-state index contributed by atoms with van der Waals surface area (Å²) in [5.74, 6) is 0.795. The Labute approximate surface area is 116 Å². The molecule has 0 spiro atoms. The maximum absolute atomic E-state index is 6.00. The van der Waals surface area contributed by atoms with E-state index in [1.165, 1.54) is 12.8 Å². The average Bonchev–Trinajstić information content (AvgIpc) is 2.84. The molecule has 1 fully saturated rings. The highest BCUT2D eigenvalue weighted by Crippen LogP contribution is 2.25. The van der Waals surface area contributed by atoms with Crippen LogP contribution in [0.3, 0.4) is 0 Å². The van der Waals surface area contributed by atoms with Crippen LogP contribution in [0.5, 0.6) is 5.88 Å². The lowest BCUT2D eigenvalue weighted by molar-refractivity contribution is 0.199. The van der Waals surface area contributed by atoms with Gasteiger partial charge in [0.25, 0.3) is 0 Å². The Morgan fingerprint density at radius 2 is 2.17 bits per heavy atom. The zero-order chi connectivity index (χ0) is 12.1. The van der Waals surface area contributed by atoms with Crippen molar-refractivity contribution in [3.63, 3.8) is 0 Å². The van der Waals surface area contributed by atoms with Gasteiger partial charge in [-0.05, 0) is 44.6 Å². The van der Waals surface area contributed by atoms with Crippen LogP contribution < -0.4 is 10.5 Å². The van der Waals surface area contributed by atoms with E-state index in [-0.39, 0.29) is 18.4 Å².